The maximum Gasteiger partial charge on any atom is 0.407 e. The Bertz CT molecular complexity index is 1030. The summed E-state index contributed by atoms with van der Waals surface area (Å²) < 4.78 is 32.7. The van der Waals surface area contributed by atoms with Crippen molar-refractivity contribution >= 4 is 18.0 Å². The number of amides is 2. The van der Waals surface area contributed by atoms with Crippen molar-refractivity contribution in [3.05, 3.63) is 59.7 Å². The predicted octanol–water partition coefficient (Wildman–Crippen LogP) is 3.23. The third-order valence-electron chi connectivity index (χ3n) is 5.89. The average Bonchev–Trinajstić information content (AvgIpc) is 3.26. The number of carboxylic acid groups (broad SMARTS) is 1. The number of rotatable bonds is 5. The number of nitrogens with one attached hydrogen (secondary N) is 1. The lowest BCUT2D eigenvalue weighted by molar-refractivity contribution is -0.148. The molecule has 2 aromatic carbocycles. The molecule has 0 radical (unpaired) electrons. The van der Waals surface area contributed by atoms with E-state index < -0.39 is 48.9 Å². The molecule has 2 amide bonds. The van der Waals surface area contributed by atoms with Crippen LogP contribution in [0.4, 0.5) is 13.6 Å². The fourth-order valence-electron chi connectivity index (χ4n) is 4.40. The van der Waals surface area contributed by atoms with E-state index in [1.807, 2.05) is 48.5 Å². The molecule has 9 heteroatoms. The van der Waals surface area contributed by atoms with E-state index in [1.165, 1.54) is 6.92 Å². The first-order valence-corrected chi connectivity index (χ1v) is 10.2. The summed E-state index contributed by atoms with van der Waals surface area (Å²) in [5, 5.41) is 11.5. The fraction of sp³-hybridized carbons (Fsp3) is 0.348. The van der Waals surface area contributed by atoms with E-state index in [4.69, 9.17) is 9.84 Å². The van der Waals surface area contributed by atoms with Crippen molar-refractivity contribution in [1.82, 2.24) is 10.2 Å². The molecule has 32 heavy (non-hydrogen) atoms. The lowest BCUT2D eigenvalue weighted by Crippen LogP contribution is -2.50. The Labute approximate surface area is 183 Å². The summed E-state index contributed by atoms with van der Waals surface area (Å²) in [6.45, 7) is 0.332. The van der Waals surface area contributed by atoms with Crippen LogP contribution in [0.1, 0.15) is 30.4 Å². The minimum atomic E-state index is -3.29. The van der Waals surface area contributed by atoms with Crippen molar-refractivity contribution in [3.8, 4) is 11.1 Å². The van der Waals surface area contributed by atoms with Gasteiger partial charge in [0.1, 0.15) is 18.7 Å². The van der Waals surface area contributed by atoms with Gasteiger partial charge in [0, 0.05) is 12.3 Å². The van der Waals surface area contributed by atoms with Crippen LogP contribution in [-0.2, 0) is 14.3 Å². The van der Waals surface area contributed by atoms with Crippen LogP contribution < -0.4 is 5.32 Å². The summed E-state index contributed by atoms with van der Waals surface area (Å²) in [7, 11) is 0. The molecule has 0 spiro atoms. The van der Waals surface area contributed by atoms with Gasteiger partial charge in [0.25, 0.3) is 5.92 Å². The van der Waals surface area contributed by atoms with Gasteiger partial charge < -0.3 is 20.1 Å². The van der Waals surface area contributed by atoms with Gasteiger partial charge in [-0.25, -0.2) is 18.4 Å². The highest BCUT2D eigenvalue weighted by Gasteiger charge is 2.50. The maximum atomic E-state index is 13.7. The van der Waals surface area contributed by atoms with Gasteiger partial charge in [-0.3, -0.25) is 4.79 Å². The van der Waals surface area contributed by atoms with Crippen LogP contribution >= 0.6 is 0 Å². The normalized spacial score (nSPS) is 19.7. The highest BCUT2D eigenvalue weighted by atomic mass is 19.3. The van der Waals surface area contributed by atoms with Crippen LogP contribution in [0.25, 0.3) is 11.1 Å². The zero-order chi connectivity index (χ0) is 23.0. The molecule has 4 rings (SSSR count). The highest BCUT2D eigenvalue weighted by Crippen LogP contribution is 2.44. The van der Waals surface area contributed by atoms with Crippen LogP contribution in [0.5, 0.6) is 0 Å². The van der Waals surface area contributed by atoms with E-state index in [2.05, 4.69) is 5.32 Å². The minimum absolute atomic E-state index is 0.0281. The zero-order valence-corrected chi connectivity index (χ0v) is 17.3. The molecule has 1 aliphatic carbocycles. The van der Waals surface area contributed by atoms with Gasteiger partial charge in [-0.15, -0.1) is 0 Å². The molecule has 1 heterocycles. The summed E-state index contributed by atoms with van der Waals surface area (Å²) in [6, 6.07) is 12.8. The van der Waals surface area contributed by atoms with Crippen molar-refractivity contribution in [2.45, 2.75) is 37.3 Å². The average molecular weight is 444 g/mol. The SMILES string of the molecule is CC(NC(=O)OCC1c2ccccc2-c2ccccc21)C(=O)N1CC(F)(F)C[C@H]1C(=O)O. The molecule has 0 aromatic heterocycles. The molecule has 2 aromatic rings. The fourth-order valence-corrected chi connectivity index (χ4v) is 4.40. The summed E-state index contributed by atoms with van der Waals surface area (Å²) in [5.41, 5.74) is 4.18. The highest BCUT2D eigenvalue weighted by molar-refractivity contribution is 5.89. The number of hydrogen-bond donors (Lipinski definition) is 2. The molecule has 1 saturated heterocycles. The van der Waals surface area contributed by atoms with E-state index in [1.54, 1.807) is 0 Å². The number of likely N-dealkylation sites (tertiary alicyclic amines) is 1. The summed E-state index contributed by atoms with van der Waals surface area (Å²) in [5.74, 6) is -5.87. The Kier molecular flexibility index (Phi) is 5.58. The van der Waals surface area contributed by atoms with E-state index in [0.717, 1.165) is 22.3 Å². The number of nitrogens with zero attached hydrogens (tertiary/aromatic N) is 1. The van der Waals surface area contributed by atoms with Gasteiger partial charge >= 0.3 is 12.1 Å². The first-order valence-electron chi connectivity index (χ1n) is 10.2. The Balaban J connectivity index is 1.39. The Morgan fingerprint density at radius 3 is 2.25 bits per heavy atom. The molecule has 2 atom stereocenters. The molecule has 0 saturated carbocycles. The maximum absolute atomic E-state index is 13.7. The number of alkyl carbamates (subject to hydrolysis) is 1. The van der Waals surface area contributed by atoms with Gasteiger partial charge in [-0.1, -0.05) is 48.5 Å². The van der Waals surface area contributed by atoms with Gasteiger partial charge in [0.15, 0.2) is 0 Å². The number of carbonyl (C=O) groups excluding carboxylic acids is 2. The molecule has 2 aliphatic rings. The number of ether oxygens (including phenoxy) is 1. The standard InChI is InChI=1S/C23H22F2N2O5/c1-13(20(28)27-12-23(24,25)10-19(27)21(29)30)26-22(31)32-11-18-16-8-4-2-6-14(16)15-7-3-5-9-17(15)18/h2-9,13,18-19H,10-12H2,1H3,(H,26,31)(H,29,30)/t13?,19-/m0/s1. The number of aliphatic carboxylic acids is 1. The number of benzene rings is 2. The van der Waals surface area contributed by atoms with Crippen molar-refractivity contribution in [2.75, 3.05) is 13.2 Å². The molecule has 168 valence electrons. The Morgan fingerprint density at radius 2 is 1.69 bits per heavy atom. The lowest BCUT2D eigenvalue weighted by Gasteiger charge is -2.25. The third-order valence-corrected chi connectivity index (χ3v) is 5.89. The topological polar surface area (TPSA) is 95.9 Å². The molecular formula is C23H22F2N2O5. The second-order valence-electron chi connectivity index (χ2n) is 8.07. The number of hydrogen-bond acceptors (Lipinski definition) is 4. The van der Waals surface area contributed by atoms with Crippen LogP contribution in [0.15, 0.2) is 48.5 Å². The van der Waals surface area contributed by atoms with Crippen LogP contribution in [0.3, 0.4) is 0 Å². The molecule has 2 N–H and O–H groups in total. The van der Waals surface area contributed by atoms with Crippen molar-refractivity contribution in [3.63, 3.8) is 0 Å². The van der Waals surface area contributed by atoms with Crippen LogP contribution in [0, 0.1) is 0 Å². The molecule has 7 nitrogen and oxygen atoms in total. The van der Waals surface area contributed by atoms with E-state index in [9.17, 15) is 23.2 Å². The summed E-state index contributed by atoms with van der Waals surface area (Å²) in [4.78, 5) is 36.7. The Morgan fingerprint density at radius 1 is 1.12 bits per heavy atom. The molecule has 0 bridgehead atoms. The van der Waals surface area contributed by atoms with Crippen LogP contribution in [-0.4, -0.2) is 59.1 Å². The van der Waals surface area contributed by atoms with Gasteiger partial charge in [0.05, 0.1) is 6.54 Å². The van der Waals surface area contributed by atoms with Crippen molar-refractivity contribution in [2.24, 2.45) is 0 Å². The van der Waals surface area contributed by atoms with Gasteiger partial charge in [0.2, 0.25) is 5.91 Å². The number of carbonyl (C=O) groups is 3. The monoisotopic (exact) mass is 444 g/mol. The van der Waals surface area contributed by atoms with Gasteiger partial charge in [-0.2, -0.15) is 0 Å². The second kappa shape index (κ2) is 8.22. The van der Waals surface area contributed by atoms with Crippen molar-refractivity contribution < 1.29 is 33.0 Å². The molecule has 1 fully saturated rings. The first kappa shape index (κ1) is 21.7. The van der Waals surface area contributed by atoms with E-state index in [0.29, 0.717) is 4.90 Å². The third kappa shape index (κ3) is 4.02. The van der Waals surface area contributed by atoms with Crippen LogP contribution in [0.2, 0.25) is 0 Å². The largest absolute Gasteiger partial charge is 0.480 e. The smallest absolute Gasteiger partial charge is 0.407 e. The lowest BCUT2D eigenvalue weighted by atomic mass is 9.98. The number of fused-ring (bicyclic) bond motifs is 3. The molecule has 1 unspecified atom stereocenters. The van der Waals surface area contributed by atoms with Crippen molar-refractivity contribution in [1.29, 1.82) is 0 Å². The Hall–Kier alpha value is -3.49. The summed E-state index contributed by atoms with van der Waals surface area (Å²) >= 11 is 0. The number of halogens is 2. The first-order chi connectivity index (χ1) is 15.2. The quantitative estimate of drug-likeness (QED) is 0.738. The second-order valence-corrected chi connectivity index (χ2v) is 8.07. The molecule has 1 aliphatic heterocycles. The van der Waals surface area contributed by atoms with E-state index in [-0.39, 0.29) is 12.5 Å². The van der Waals surface area contributed by atoms with E-state index >= 15 is 0 Å². The number of alkyl halides is 2. The zero-order valence-electron chi connectivity index (χ0n) is 17.3. The van der Waals surface area contributed by atoms with Gasteiger partial charge in [-0.05, 0) is 29.2 Å². The summed E-state index contributed by atoms with van der Waals surface area (Å²) in [6.07, 6.45) is -1.84. The molecular weight excluding hydrogens is 422 g/mol. The predicted molar refractivity (Wildman–Crippen MR) is 110 cm³/mol. The number of carboxylic acids is 1. The minimum Gasteiger partial charge on any atom is -0.480 e.